The van der Waals surface area contributed by atoms with Crippen molar-refractivity contribution in [2.75, 3.05) is 11.6 Å². The lowest BCUT2D eigenvalue weighted by Gasteiger charge is -2.12. The van der Waals surface area contributed by atoms with Crippen LogP contribution in [0.2, 0.25) is 0 Å². The zero-order valence-corrected chi connectivity index (χ0v) is 13.5. The Hall–Kier alpha value is -1.04. The van der Waals surface area contributed by atoms with Gasteiger partial charge in [0.05, 0.1) is 11.4 Å². The molecule has 0 unspecified atom stereocenters. The highest BCUT2D eigenvalue weighted by atomic mass is 79.9. The van der Waals surface area contributed by atoms with E-state index in [-0.39, 0.29) is 0 Å². The van der Waals surface area contributed by atoms with E-state index in [0.29, 0.717) is 4.99 Å². The lowest BCUT2D eigenvalue weighted by molar-refractivity contribution is 1.41. The molecule has 0 radical (unpaired) electrons. The van der Waals surface area contributed by atoms with Gasteiger partial charge in [0.1, 0.15) is 4.99 Å². The summed E-state index contributed by atoms with van der Waals surface area (Å²) in [4.78, 5) is 1.60. The van der Waals surface area contributed by atoms with E-state index in [2.05, 4.69) is 39.6 Å². The molecule has 5 heteroatoms. The predicted octanol–water partition coefficient (Wildman–Crippen LogP) is 4.55. The van der Waals surface area contributed by atoms with Crippen LogP contribution in [0.5, 0.6) is 0 Å². The van der Waals surface area contributed by atoms with E-state index in [1.54, 1.807) is 11.8 Å². The Morgan fingerprint density at radius 2 is 1.95 bits per heavy atom. The molecule has 0 atom stereocenters. The van der Waals surface area contributed by atoms with Crippen LogP contribution in [0.25, 0.3) is 0 Å². The van der Waals surface area contributed by atoms with Gasteiger partial charge in [0.25, 0.3) is 0 Å². The van der Waals surface area contributed by atoms with Gasteiger partial charge in [-0.25, -0.2) is 0 Å². The monoisotopic (exact) mass is 352 g/mol. The highest BCUT2D eigenvalue weighted by Crippen LogP contribution is 2.31. The molecule has 0 aliphatic heterocycles. The number of hydrogen-bond acceptors (Lipinski definition) is 3. The Morgan fingerprint density at radius 3 is 2.58 bits per heavy atom. The SMILES string of the molecule is CSc1ccccc1Nc1ccc(C(N)=S)cc1Br. The second-order valence-electron chi connectivity index (χ2n) is 3.88. The number of para-hydroxylation sites is 1. The van der Waals surface area contributed by atoms with Crippen molar-refractivity contribution in [3.8, 4) is 0 Å². The topological polar surface area (TPSA) is 38.0 Å². The van der Waals surface area contributed by atoms with E-state index in [9.17, 15) is 0 Å². The minimum absolute atomic E-state index is 0.400. The fourth-order valence-electron chi connectivity index (χ4n) is 1.66. The van der Waals surface area contributed by atoms with Crippen LogP contribution < -0.4 is 11.1 Å². The number of thiocarbonyl (C=S) groups is 1. The Kier molecular flexibility index (Phi) is 4.85. The maximum atomic E-state index is 5.62. The third kappa shape index (κ3) is 3.49. The molecule has 0 aromatic heterocycles. The van der Waals surface area contributed by atoms with Crippen LogP contribution in [0.1, 0.15) is 5.56 Å². The molecule has 2 nitrogen and oxygen atoms in total. The molecule has 0 saturated heterocycles. The number of nitrogens with one attached hydrogen (secondary N) is 1. The molecular weight excluding hydrogens is 340 g/mol. The quantitative estimate of drug-likeness (QED) is 0.625. The van der Waals surface area contributed by atoms with E-state index in [0.717, 1.165) is 21.4 Å². The van der Waals surface area contributed by atoms with Gasteiger partial charge in [-0.3, -0.25) is 0 Å². The fourth-order valence-corrected chi connectivity index (χ4v) is 2.82. The number of benzene rings is 2. The Morgan fingerprint density at radius 1 is 1.21 bits per heavy atom. The summed E-state index contributed by atoms with van der Waals surface area (Å²) in [6.07, 6.45) is 2.06. The van der Waals surface area contributed by atoms with Gasteiger partial charge in [0, 0.05) is 14.9 Å². The number of nitrogens with two attached hydrogens (primary N) is 1. The molecule has 2 rings (SSSR count). The van der Waals surface area contributed by atoms with Gasteiger partial charge < -0.3 is 11.1 Å². The molecule has 0 aliphatic carbocycles. The van der Waals surface area contributed by atoms with Crippen molar-refractivity contribution in [2.45, 2.75) is 4.90 Å². The molecular formula is C14H13BrN2S2. The van der Waals surface area contributed by atoms with Gasteiger partial charge in [0.15, 0.2) is 0 Å². The highest BCUT2D eigenvalue weighted by Gasteiger charge is 2.06. The number of rotatable bonds is 4. The number of anilines is 2. The molecule has 0 spiro atoms. The molecule has 2 aromatic carbocycles. The Bertz CT molecular complexity index is 614. The predicted molar refractivity (Wildman–Crippen MR) is 91.5 cm³/mol. The molecule has 3 N–H and O–H groups in total. The molecule has 2 aromatic rings. The maximum Gasteiger partial charge on any atom is 0.104 e. The minimum Gasteiger partial charge on any atom is -0.389 e. The standard InChI is InChI=1S/C14H13BrN2S2/c1-19-13-5-3-2-4-12(13)17-11-7-6-9(14(16)18)8-10(11)15/h2-8,17H,1H3,(H2,16,18). The second-order valence-corrected chi connectivity index (χ2v) is 6.03. The fraction of sp³-hybridized carbons (Fsp3) is 0.0714. The molecule has 19 heavy (non-hydrogen) atoms. The van der Waals surface area contributed by atoms with Crippen LogP contribution in [0, 0.1) is 0 Å². The molecule has 0 fully saturated rings. The van der Waals surface area contributed by atoms with Crippen molar-refractivity contribution < 1.29 is 0 Å². The number of thioether (sulfide) groups is 1. The van der Waals surface area contributed by atoms with Gasteiger partial charge in [-0.15, -0.1) is 11.8 Å². The average molecular weight is 353 g/mol. The van der Waals surface area contributed by atoms with Crippen molar-refractivity contribution >= 4 is 56.3 Å². The summed E-state index contributed by atoms with van der Waals surface area (Å²) in [6.45, 7) is 0. The minimum atomic E-state index is 0.400. The zero-order valence-electron chi connectivity index (χ0n) is 10.3. The van der Waals surface area contributed by atoms with Gasteiger partial charge in [-0.1, -0.05) is 24.4 Å². The summed E-state index contributed by atoms with van der Waals surface area (Å²) < 4.78 is 0.939. The van der Waals surface area contributed by atoms with Gasteiger partial charge in [-0.2, -0.15) is 0 Å². The number of hydrogen-bond donors (Lipinski definition) is 2. The zero-order chi connectivity index (χ0) is 13.8. The average Bonchev–Trinajstić information content (AvgIpc) is 2.41. The van der Waals surface area contributed by atoms with Gasteiger partial charge in [0.2, 0.25) is 0 Å². The Balaban J connectivity index is 2.31. The van der Waals surface area contributed by atoms with Crippen LogP contribution in [0.15, 0.2) is 51.8 Å². The van der Waals surface area contributed by atoms with Crippen LogP contribution in [-0.2, 0) is 0 Å². The van der Waals surface area contributed by atoms with E-state index >= 15 is 0 Å². The first-order valence-electron chi connectivity index (χ1n) is 5.61. The van der Waals surface area contributed by atoms with E-state index < -0.39 is 0 Å². The summed E-state index contributed by atoms with van der Waals surface area (Å²) in [5, 5.41) is 3.41. The summed E-state index contributed by atoms with van der Waals surface area (Å²) in [5.41, 5.74) is 8.54. The largest absolute Gasteiger partial charge is 0.389 e. The van der Waals surface area contributed by atoms with E-state index in [4.69, 9.17) is 18.0 Å². The van der Waals surface area contributed by atoms with Crippen molar-refractivity contribution in [3.63, 3.8) is 0 Å². The van der Waals surface area contributed by atoms with Gasteiger partial charge >= 0.3 is 0 Å². The first kappa shape index (κ1) is 14.4. The maximum absolute atomic E-state index is 5.62. The molecule has 0 heterocycles. The third-order valence-corrected chi connectivity index (χ3v) is 4.32. The third-order valence-electron chi connectivity index (χ3n) is 2.63. The molecule has 0 bridgehead atoms. The lowest BCUT2D eigenvalue weighted by Crippen LogP contribution is -2.09. The summed E-state index contributed by atoms with van der Waals surface area (Å²) >= 11 is 10.2. The van der Waals surface area contributed by atoms with Crippen molar-refractivity contribution in [1.82, 2.24) is 0 Å². The molecule has 0 amide bonds. The van der Waals surface area contributed by atoms with Crippen molar-refractivity contribution in [2.24, 2.45) is 5.73 Å². The van der Waals surface area contributed by atoms with E-state index in [1.165, 1.54) is 4.90 Å². The Labute approximate surface area is 130 Å². The lowest BCUT2D eigenvalue weighted by atomic mass is 10.2. The molecule has 0 saturated carbocycles. The van der Waals surface area contributed by atoms with Crippen LogP contribution in [0.4, 0.5) is 11.4 Å². The second kappa shape index (κ2) is 6.41. The van der Waals surface area contributed by atoms with Crippen molar-refractivity contribution in [1.29, 1.82) is 0 Å². The first-order valence-corrected chi connectivity index (χ1v) is 8.04. The van der Waals surface area contributed by atoms with Crippen LogP contribution in [-0.4, -0.2) is 11.2 Å². The van der Waals surface area contributed by atoms with Gasteiger partial charge in [-0.05, 0) is 52.5 Å². The number of halogens is 1. The van der Waals surface area contributed by atoms with Crippen molar-refractivity contribution in [3.05, 3.63) is 52.5 Å². The first-order chi connectivity index (χ1) is 9.11. The smallest absolute Gasteiger partial charge is 0.104 e. The van der Waals surface area contributed by atoms with E-state index in [1.807, 2.05) is 30.3 Å². The van der Waals surface area contributed by atoms with Crippen LogP contribution >= 0.6 is 39.9 Å². The summed E-state index contributed by atoms with van der Waals surface area (Å²) in [7, 11) is 0. The normalized spacial score (nSPS) is 10.2. The summed E-state index contributed by atoms with van der Waals surface area (Å²) in [6, 6.07) is 14.0. The molecule has 0 aliphatic rings. The molecule has 98 valence electrons. The summed E-state index contributed by atoms with van der Waals surface area (Å²) in [5.74, 6) is 0. The highest BCUT2D eigenvalue weighted by molar-refractivity contribution is 9.10. The van der Waals surface area contributed by atoms with Crippen LogP contribution in [0.3, 0.4) is 0 Å².